The van der Waals surface area contributed by atoms with Crippen molar-refractivity contribution in [3.63, 3.8) is 0 Å². The van der Waals surface area contributed by atoms with Crippen LogP contribution in [0.2, 0.25) is 0 Å². The predicted octanol–water partition coefficient (Wildman–Crippen LogP) is 4.65. The molecule has 4 rings (SSSR count). The number of hydrogen-bond donors (Lipinski definition) is 0. The van der Waals surface area contributed by atoms with E-state index < -0.39 is 10.0 Å². The van der Waals surface area contributed by atoms with Crippen LogP contribution in [0, 0.1) is 26.7 Å². The van der Waals surface area contributed by atoms with Gasteiger partial charge in [0.05, 0.1) is 10.9 Å². The fourth-order valence-electron chi connectivity index (χ4n) is 4.83. The van der Waals surface area contributed by atoms with Crippen LogP contribution in [0.4, 0.5) is 0 Å². The second-order valence-corrected chi connectivity index (χ2v) is 10.8. The zero-order valence-corrected chi connectivity index (χ0v) is 17.9. The van der Waals surface area contributed by atoms with E-state index in [1.165, 1.54) is 11.1 Å². The number of hydrogen-bond acceptors (Lipinski definition) is 3. The lowest BCUT2D eigenvalue weighted by molar-refractivity contribution is 0.240. The van der Waals surface area contributed by atoms with Crippen molar-refractivity contribution in [1.82, 2.24) is 4.31 Å². The zero-order valence-electron chi connectivity index (χ0n) is 16.2. The van der Waals surface area contributed by atoms with Crippen LogP contribution in [0.25, 0.3) is 0 Å². The second kappa shape index (κ2) is 7.26. The average molecular weight is 402 g/mol. The molecular weight excluding hydrogens is 374 g/mol. The van der Waals surface area contributed by atoms with Crippen LogP contribution in [0.5, 0.6) is 0 Å². The SMILES string of the molecule is Cc1cc(C)c(S(=O)(=O)N2CCc3ccccc3C2C2CCSC2)c(C)c1. The summed E-state index contributed by atoms with van der Waals surface area (Å²) in [7, 11) is -3.55. The number of rotatable bonds is 3. The van der Waals surface area contributed by atoms with Gasteiger partial charge in [0.25, 0.3) is 0 Å². The molecule has 0 aliphatic carbocycles. The van der Waals surface area contributed by atoms with Gasteiger partial charge in [0.15, 0.2) is 0 Å². The zero-order chi connectivity index (χ0) is 19.2. The predicted molar refractivity (Wildman–Crippen MR) is 113 cm³/mol. The van der Waals surface area contributed by atoms with E-state index in [0.29, 0.717) is 17.4 Å². The summed E-state index contributed by atoms with van der Waals surface area (Å²) in [5.41, 5.74) is 5.33. The quantitative estimate of drug-likeness (QED) is 0.751. The van der Waals surface area contributed by atoms with E-state index in [4.69, 9.17) is 0 Å². The third-order valence-electron chi connectivity index (χ3n) is 5.87. The van der Waals surface area contributed by atoms with Gasteiger partial charge >= 0.3 is 0 Å². The lowest BCUT2D eigenvalue weighted by Crippen LogP contribution is -2.43. The Hall–Kier alpha value is -1.30. The number of nitrogens with zero attached hydrogens (tertiary/aromatic N) is 1. The second-order valence-electron chi connectivity index (χ2n) is 7.86. The first-order valence-corrected chi connectivity index (χ1v) is 12.2. The Morgan fingerprint density at radius 3 is 2.44 bits per heavy atom. The van der Waals surface area contributed by atoms with E-state index in [1.54, 1.807) is 0 Å². The largest absolute Gasteiger partial charge is 0.244 e. The number of fused-ring (bicyclic) bond motifs is 1. The summed E-state index contributed by atoms with van der Waals surface area (Å²) in [5, 5.41) is 0. The highest BCUT2D eigenvalue weighted by molar-refractivity contribution is 7.99. The molecule has 2 aliphatic heterocycles. The molecular formula is C22H27NO2S2. The summed E-state index contributed by atoms with van der Waals surface area (Å²) in [6.07, 6.45) is 1.87. The first kappa shape index (κ1) is 19.0. The molecule has 1 saturated heterocycles. The van der Waals surface area contributed by atoms with Crippen molar-refractivity contribution < 1.29 is 8.42 Å². The molecule has 2 heterocycles. The lowest BCUT2D eigenvalue weighted by atomic mass is 9.86. The first-order chi connectivity index (χ1) is 12.9. The fourth-order valence-corrected chi connectivity index (χ4v) is 8.20. The summed E-state index contributed by atoms with van der Waals surface area (Å²) >= 11 is 1.95. The molecule has 1 fully saturated rings. The van der Waals surface area contributed by atoms with E-state index in [-0.39, 0.29) is 6.04 Å². The van der Waals surface area contributed by atoms with Crippen LogP contribution in [0.15, 0.2) is 41.3 Å². The third-order valence-corrected chi connectivity index (χ3v) is 9.24. The maximum Gasteiger partial charge on any atom is 0.244 e. The van der Waals surface area contributed by atoms with Crippen LogP contribution in [0.1, 0.15) is 40.3 Å². The van der Waals surface area contributed by atoms with Crippen LogP contribution in [-0.4, -0.2) is 30.8 Å². The lowest BCUT2D eigenvalue weighted by Gasteiger charge is -2.40. The molecule has 0 spiro atoms. The Balaban J connectivity index is 1.84. The molecule has 2 unspecified atom stereocenters. The maximum atomic E-state index is 13.8. The van der Waals surface area contributed by atoms with Crippen LogP contribution < -0.4 is 0 Å². The average Bonchev–Trinajstić information content (AvgIpc) is 3.13. The van der Waals surface area contributed by atoms with Gasteiger partial charge in [0.2, 0.25) is 10.0 Å². The molecule has 2 aromatic rings. The highest BCUT2D eigenvalue weighted by Gasteiger charge is 2.42. The Labute approximate surface area is 167 Å². The Kier molecular flexibility index (Phi) is 5.12. The summed E-state index contributed by atoms with van der Waals surface area (Å²) < 4.78 is 29.5. The summed E-state index contributed by atoms with van der Waals surface area (Å²) in [6.45, 7) is 6.43. The van der Waals surface area contributed by atoms with Crippen LogP contribution >= 0.6 is 11.8 Å². The highest BCUT2D eigenvalue weighted by atomic mass is 32.2. The van der Waals surface area contributed by atoms with E-state index >= 15 is 0 Å². The van der Waals surface area contributed by atoms with Gasteiger partial charge < -0.3 is 0 Å². The summed E-state index contributed by atoms with van der Waals surface area (Å²) in [6, 6.07) is 12.3. The van der Waals surface area contributed by atoms with Crippen molar-refractivity contribution in [1.29, 1.82) is 0 Å². The van der Waals surface area contributed by atoms with Crippen molar-refractivity contribution in [2.24, 2.45) is 5.92 Å². The van der Waals surface area contributed by atoms with Crippen molar-refractivity contribution in [3.8, 4) is 0 Å². The van der Waals surface area contributed by atoms with E-state index in [1.807, 2.05) is 55.0 Å². The number of benzene rings is 2. The Morgan fingerprint density at radius 1 is 1.07 bits per heavy atom. The molecule has 0 aromatic heterocycles. The van der Waals surface area contributed by atoms with Gasteiger partial charge in [-0.15, -0.1) is 0 Å². The highest BCUT2D eigenvalue weighted by Crippen LogP contribution is 2.44. The van der Waals surface area contributed by atoms with Crippen LogP contribution in [-0.2, 0) is 16.4 Å². The molecule has 3 nitrogen and oxygen atoms in total. The van der Waals surface area contributed by atoms with E-state index in [0.717, 1.165) is 41.0 Å². The van der Waals surface area contributed by atoms with Crippen molar-refractivity contribution in [2.45, 2.75) is 44.6 Å². The van der Waals surface area contributed by atoms with Gasteiger partial charge in [0.1, 0.15) is 0 Å². The molecule has 0 saturated carbocycles. The van der Waals surface area contributed by atoms with Gasteiger partial charge in [-0.1, -0.05) is 42.0 Å². The normalized spacial score (nSPS) is 23.4. The molecule has 0 radical (unpaired) electrons. The van der Waals surface area contributed by atoms with Gasteiger partial charge in [0, 0.05) is 6.54 Å². The molecule has 144 valence electrons. The standard InChI is InChI=1S/C22H27NO2S2/c1-15-12-16(2)22(17(3)13-15)27(24,25)23-10-8-18-6-4-5-7-20(18)21(23)19-9-11-26-14-19/h4-7,12-13,19,21H,8-11,14H2,1-3H3. The molecule has 0 bridgehead atoms. The summed E-state index contributed by atoms with van der Waals surface area (Å²) in [5.74, 6) is 2.55. The van der Waals surface area contributed by atoms with Gasteiger partial charge in [-0.3, -0.25) is 0 Å². The smallest absolute Gasteiger partial charge is 0.207 e. The minimum atomic E-state index is -3.55. The number of thioether (sulfide) groups is 1. The third kappa shape index (κ3) is 3.34. The Morgan fingerprint density at radius 2 is 1.78 bits per heavy atom. The van der Waals surface area contributed by atoms with Crippen molar-refractivity contribution >= 4 is 21.8 Å². The van der Waals surface area contributed by atoms with Gasteiger partial charge in [-0.2, -0.15) is 16.1 Å². The van der Waals surface area contributed by atoms with Crippen LogP contribution in [0.3, 0.4) is 0 Å². The molecule has 2 aliphatic rings. The molecule has 0 N–H and O–H groups in total. The van der Waals surface area contributed by atoms with E-state index in [9.17, 15) is 8.42 Å². The molecule has 5 heteroatoms. The molecule has 2 aromatic carbocycles. The monoisotopic (exact) mass is 401 g/mol. The van der Waals surface area contributed by atoms with E-state index in [2.05, 4.69) is 18.2 Å². The van der Waals surface area contributed by atoms with Crippen molar-refractivity contribution in [3.05, 3.63) is 64.2 Å². The molecule has 2 atom stereocenters. The van der Waals surface area contributed by atoms with Crippen molar-refractivity contribution in [2.75, 3.05) is 18.1 Å². The molecule has 0 amide bonds. The van der Waals surface area contributed by atoms with Gasteiger partial charge in [-0.05, 0) is 73.3 Å². The maximum absolute atomic E-state index is 13.8. The number of aryl methyl sites for hydroxylation is 3. The minimum Gasteiger partial charge on any atom is -0.207 e. The topological polar surface area (TPSA) is 37.4 Å². The first-order valence-electron chi connectivity index (χ1n) is 9.65. The minimum absolute atomic E-state index is 0.0462. The summed E-state index contributed by atoms with van der Waals surface area (Å²) in [4.78, 5) is 0.503. The fraction of sp³-hybridized carbons (Fsp3) is 0.455. The van der Waals surface area contributed by atoms with Gasteiger partial charge in [-0.25, -0.2) is 8.42 Å². The Bertz CT molecular complexity index is 939. The molecule has 27 heavy (non-hydrogen) atoms. The number of sulfonamides is 1.